The zero-order chi connectivity index (χ0) is 18.6. The van der Waals surface area contributed by atoms with Crippen molar-refractivity contribution in [2.75, 3.05) is 33.0 Å². The van der Waals surface area contributed by atoms with Gasteiger partial charge < -0.3 is 19.7 Å². The van der Waals surface area contributed by atoms with Crippen LogP contribution in [-0.2, 0) is 21.5 Å². The molecule has 2 rings (SSSR count). The van der Waals surface area contributed by atoms with Crippen LogP contribution in [0.4, 0.5) is 0 Å². The second-order valence-electron chi connectivity index (χ2n) is 7.50. The van der Waals surface area contributed by atoms with Gasteiger partial charge in [-0.15, -0.1) is 0 Å². The molecule has 1 heterocycles. The SMILES string of the molecule is Cc1cc(CN2CCOC[C@H]2C(=O)O)c(OCCO)cc1C(C)(C)C. The summed E-state index contributed by atoms with van der Waals surface area (Å²) in [5, 5.41) is 18.5. The lowest BCUT2D eigenvalue weighted by molar-refractivity contribution is -0.150. The number of carboxylic acid groups (broad SMARTS) is 1. The van der Waals surface area contributed by atoms with Gasteiger partial charge in [0.2, 0.25) is 0 Å². The van der Waals surface area contributed by atoms with Crippen molar-refractivity contribution in [1.82, 2.24) is 4.90 Å². The first-order valence-corrected chi connectivity index (χ1v) is 8.66. The highest BCUT2D eigenvalue weighted by Crippen LogP contribution is 2.33. The van der Waals surface area contributed by atoms with E-state index in [2.05, 4.69) is 33.8 Å². The van der Waals surface area contributed by atoms with Crippen LogP contribution in [0.3, 0.4) is 0 Å². The van der Waals surface area contributed by atoms with Crippen LogP contribution in [0, 0.1) is 6.92 Å². The van der Waals surface area contributed by atoms with Crippen molar-refractivity contribution in [3.63, 3.8) is 0 Å². The zero-order valence-corrected chi connectivity index (χ0v) is 15.5. The molecule has 25 heavy (non-hydrogen) atoms. The Morgan fingerprint density at radius 1 is 1.40 bits per heavy atom. The lowest BCUT2D eigenvalue weighted by Crippen LogP contribution is -2.49. The second-order valence-corrected chi connectivity index (χ2v) is 7.50. The van der Waals surface area contributed by atoms with Gasteiger partial charge in [-0.05, 0) is 29.5 Å². The summed E-state index contributed by atoms with van der Waals surface area (Å²) in [7, 11) is 0. The highest BCUT2D eigenvalue weighted by molar-refractivity contribution is 5.73. The van der Waals surface area contributed by atoms with Crippen LogP contribution in [0.2, 0.25) is 0 Å². The maximum atomic E-state index is 11.5. The molecule has 0 radical (unpaired) electrons. The number of carbonyl (C=O) groups is 1. The molecule has 0 aliphatic carbocycles. The third-order valence-corrected chi connectivity index (χ3v) is 4.46. The number of benzene rings is 1. The zero-order valence-electron chi connectivity index (χ0n) is 15.5. The fourth-order valence-electron chi connectivity index (χ4n) is 3.24. The molecule has 2 N–H and O–H groups in total. The third kappa shape index (κ3) is 4.93. The predicted octanol–water partition coefficient (Wildman–Crippen LogP) is 1.95. The van der Waals surface area contributed by atoms with Crippen molar-refractivity contribution in [3.8, 4) is 5.75 Å². The van der Waals surface area contributed by atoms with E-state index in [9.17, 15) is 9.90 Å². The number of ether oxygens (including phenoxy) is 2. The number of nitrogens with zero attached hydrogens (tertiary/aromatic N) is 1. The van der Waals surface area contributed by atoms with Gasteiger partial charge in [0, 0.05) is 18.7 Å². The Hall–Kier alpha value is -1.63. The number of morpholine rings is 1. The van der Waals surface area contributed by atoms with E-state index in [4.69, 9.17) is 14.6 Å². The minimum atomic E-state index is -0.874. The van der Waals surface area contributed by atoms with Crippen LogP contribution >= 0.6 is 0 Å². The maximum Gasteiger partial charge on any atom is 0.323 e. The van der Waals surface area contributed by atoms with Crippen LogP contribution in [-0.4, -0.2) is 60.1 Å². The first kappa shape index (κ1) is 19.7. The lowest BCUT2D eigenvalue weighted by atomic mass is 9.83. The van der Waals surface area contributed by atoms with E-state index in [1.807, 2.05) is 11.0 Å². The molecule has 1 aromatic carbocycles. The summed E-state index contributed by atoms with van der Waals surface area (Å²) >= 11 is 0. The Morgan fingerprint density at radius 3 is 2.72 bits per heavy atom. The highest BCUT2D eigenvalue weighted by atomic mass is 16.5. The van der Waals surface area contributed by atoms with Crippen molar-refractivity contribution in [1.29, 1.82) is 0 Å². The molecular weight excluding hydrogens is 322 g/mol. The molecule has 0 saturated carbocycles. The molecule has 1 fully saturated rings. The third-order valence-electron chi connectivity index (χ3n) is 4.46. The molecule has 1 saturated heterocycles. The number of aliphatic hydroxyl groups is 1. The quantitative estimate of drug-likeness (QED) is 0.815. The fourth-order valence-corrected chi connectivity index (χ4v) is 3.24. The van der Waals surface area contributed by atoms with Gasteiger partial charge in [-0.25, -0.2) is 0 Å². The Balaban J connectivity index is 2.34. The number of carboxylic acids is 1. The average molecular weight is 351 g/mol. The lowest BCUT2D eigenvalue weighted by Gasteiger charge is -2.33. The molecule has 6 heteroatoms. The molecule has 140 valence electrons. The second kappa shape index (κ2) is 8.17. The molecule has 1 aliphatic rings. The van der Waals surface area contributed by atoms with Gasteiger partial charge in [-0.1, -0.05) is 26.8 Å². The number of hydrogen-bond donors (Lipinski definition) is 2. The number of aryl methyl sites for hydroxylation is 1. The van der Waals surface area contributed by atoms with Crippen LogP contribution in [0.25, 0.3) is 0 Å². The van der Waals surface area contributed by atoms with E-state index in [1.54, 1.807) is 0 Å². The molecule has 1 aliphatic heterocycles. The van der Waals surface area contributed by atoms with E-state index < -0.39 is 12.0 Å². The molecular formula is C19H29NO5. The van der Waals surface area contributed by atoms with Gasteiger partial charge in [-0.2, -0.15) is 0 Å². The smallest absolute Gasteiger partial charge is 0.323 e. The van der Waals surface area contributed by atoms with Crippen molar-refractivity contribution in [2.45, 2.75) is 45.7 Å². The number of aliphatic carboxylic acids is 1. The topological polar surface area (TPSA) is 79.2 Å². The van der Waals surface area contributed by atoms with E-state index >= 15 is 0 Å². The number of hydrogen-bond acceptors (Lipinski definition) is 5. The number of aliphatic hydroxyl groups excluding tert-OH is 1. The maximum absolute atomic E-state index is 11.5. The normalized spacial score (nSPS) is 19.0. The molecule has 6 nitrogen and oxygen atoms in total. The summed E-state index contributed by atoms with van der Waals surface area (Å²) in [6.45, 7) is 10.4. The van der Waals surface area contributed by atoms with Crippen LogP contribution in [0.15, 0.2) is 12.1 Å². The molecule has 0 spiro atoms. The van der Waals surface area contributed by atoms with Crippen LogP contribution in [0.5, 0.6) is 5.75 Å². The Kier molecular flexibility index (Phi) is 6.43. The van der Waals surface area contributed by atoms with Crippen molar-refractivity contribution < 1.29 is 24.5 Å². The van der Waals surface area contributed by atoms with Gasteiger partial charge >= 0.3 is 5.97 Å². The van der Waals surface area contributed by atoms with E-state index in [0.717, 1.165) is 11.1 Å². The molecule has 0 unspecified atom stereocenters. The summed E-state index contributed by atoms with van der Waals surface area (Å²) in [5.41, 5.74) is 3.25. The molecule has 1 aromatic rings. The Morgan fingerprint density at radius 2 is 2.12 bits per heavy atom. The van der Waals surface area contributed by atoms with Gasteiger partial charge in [0.1, 0.15) is 18.4 Å². The van der Waals surface area contributed by atoms with Gasteiger partial charge in [0.05, 0.1) is 19.8 Å². The number of rotatable bonds is 6. The largest absolute Gasteiger partial charge is 0.491 e. The van der Waals surface area contributed by atoms with E-state index in [-0.39, 0.29) is 25.2 Å². The molecule has 0 bridgehead atoms. The molecule has 0 amide bonds. The van der Waals surface area contributed by atoms with E-state index in [0.29, 0.717) is 25.4 Å². The van der Waals surface area contributed by atoms with Gasteiger partial charge in [0.25, 0.3) is 0 Å². The van der Waals surface area contributed by atoms with Crippen molar-refractivity contribution in [2.24, 2.45) is 0 Å². The first-order valence-electron chi connectivity index (χ1n) is 8.66. The minimum absolute atomic E-state index is 0.0253. The minimum Gasteiger partial charge on any atom is -0.491 e. The average Bonchev–Trinajstić information content (AvgIpc) is 2.53. The summed E-state index contributed by atoms with van der Waals surface area (Å²) in [6, 6.07) is 3.44. The van der Waals surface area contributed by atoms with Crippen molar-refractivity contribution in [3.05, 3.63) is 28.8 Å². The molecule has 1 atom stereocenters. The van der Waals surface area contributed by atoms with E-state index in [1.165, 1.54) is 5.56 Å². The highest BCUT2D eigenvalue weighted by Gasteiger charge is 2.30. The van der Waals surface area contributed by atoms with Crippen molar-refractivity contribution >= 4 is 5.97 Å². The Labute approximate surface area is 149 Å². The fraction of sp³-hybridized carbons (Fsp3) is 0.632. The first-order chi connectivity index (χ1) is 11.7. The predicted molar refractivity (Wildman–Crippen MR) is 95.1 cm³/mol. The summed E-state index contributed by atoms with van der Waals surface area (Å²) in [6.07, 6.45) is 0. The summed E-state index contributed by atoms with van der Waals surface area (Å²) < 4.78 is 11.1. The summed E-state index contributed by atoms with van der Waals surface area (Å²) in [4.78, 5) is 13.4. The Bertz CT molecular complexity index is 609. The summed E-state index contributed by atoms with van der Waals surface area (Å²) in [5.74, 6) is -0.166. The molecule has 0 aromatic heterocycles. The van der Waals surface area contributed by atoms with Crippen LogP contribution in [0.1, 0.15) is 37.5 Å². The van der Waals surface area contributed by atoms with Gasteiger partial charge in [-0.3, -0.25) is 9.69 Å². The van der Waals surface area contributed by atoms with Crippen LogP contribution < -0.4 is 4.74 Å². The monoisotopic (exact) mass is 351 g/mol. The standard InChI is InChI=1S/C19H29NO5/c1-13-9-14(11-20-5-7-24-12-16(20)18(22)23)17(25-8-6-21)10-15(13)19(2,3)4/h9-10,16,21H,5-8,11-12H2,1-4H3,(H,22,23)/t16-/m0/s1. The van der Waals surface area contributed by atoms with Gasteiger partial charge in [0.15, 0.2) is 0 Å².